The van der Waals surface area contributed by atoms with Crippen LogP contribution in [0.15, 0.2) is 33.9 Å². The van der Waals surface area contributed by atoms with Crippen LogP contribution in [0.5, 0.6) is 5.75 Å². The molecule has 0 aliphatic carbocycles. The fraction of sp³-hybridized carbons (Fsp3) is 0.444. The van der Waals surface area contributed by atoms with Gasteiger partial charge in [0.15, 0.2) is 0 Å². The summed E-state index contributed by atoms with van der Waals surface area (Å²) in [6, 6.07) is 5.37. The van der Waals surface area contributed by atoms with Gasteiger partial charge in [0.1, 0.15) is 18.1 Å². The summed E-state index contributed by atoms with van der Waals surface area (Å²) >= 11 is 3.41. The molecule has 1 aliphatic heterocycles. The average molecular weight is 442 g/mol. The van der Waals surface area contributed by atoms with Crippen LogP contribution in [0.4, 0.5) is 5.69 Å². The Morgan fingerprint density at radius 3 is 2.78 bits per heavy atom. The molecule has 2 rings (SSSR count). The van der Waals surface area contributed by atoms with Crippen LogP contribution in [0.25, 0.3) is 0 Å². The maximum absolute atomic E-state index is 12.6. The summed E-state index contributed by atoms with van der Waals surface area (Å²) in [7, 11) is 5.16. The van der Waals surface area contributed by atoms with E-state index < -0.39 is 5.97 Å². The van der Waals surface area contributed by atoms with E-state index in [1.165, 1.54) is 12.0 Å². The van der Waals surface area contributed by atoms with Crippen molar-refractivity contribution in [2.75, 3.05) is 59.4 Å². The number of anilines is 1. The molecule has 148 valence electrons. The van der Waals surface area contributed by atoms with Crippen molar-refractivity contribution >= 4 is 33.5 Å². The van der Waals surface area contributed by atoms with E-state index in [1.807, 2.05) is 25.1 Å². The lowest BCUT2D eigenvalue weighted by atomic mass is 10.2. The summed E-state index contributed by atoms with van der Waals surface area (Å²) in [5.74, 6) is -0.401. The highest BCUT2D eigenvalue weighted by molar-refractivity contribution is 9.10. The molecule has 8 nitrogen and oxygen atoms in total. The number of halogens is 1. The maximum atomic E-state index is 12.6. The SMILES string of the molecule is COC(=O)C1=C(Nc2ccc(Br)cc2OCCN(C)C)C(=O)N(CCO)C1. The number of aliphatic hydroxyl groups excluding tert-OH is 1. The molecule has 1 aromatic rings. The van der Waals surface area contributed by atoms with Gasteiger partial charge in [0.05, 0.1) is 31.5 Å². The van der Waals surface area contributed by atoms with Crippen LogP contribution < -0.4 is 10.1 Å². The Kier molecular flexibility index (Phi) is 7.64. The van der Waals surface area contributed by atoms with Crippen molar-refractivity contribution in [3.63, 3.8) is 0 Å². The zero-order chi connectivity index (χ0) is 20.0. The van der Waals surface area contributed by atoms with E-state index >= 15 is 0 Å². The topological polar surface area (TPSA) is 91.3 Å². The van der Waals surface area contributed by atoms with Crippen LogP contribution in [0.2, 0.25) is 0 Å². The monoisotopic (exact) mass is 441 g/mol. The zero-order valence-electron chi connectivity index (χ0n) is 15.6. The van der Waals surface area contributed by atoms with Gasteiger partial charge in [-0.1, -0.05) is 15.9 Å². The van der Waals surface area contributed by atoms with Crippen molar-refractivity contribution in [3.8, 4) is 5.75 Å². The molecule has 0 saturated carbocycles. The molecular formula is C18H24BrN3O5. The van der Waals surface area contributed by atoms with E-state index in [2.05, 4.69) is 21.2 Å². The van der Waals surface area contributed by atoms with E-state index in [4.69, 9.17) is 14.6 Å². The van der Waals surface area contributed by atoms with Gasteiger partial charge in [-0.25, -0.2) is 4.79 Å². The predicted molar refractivity (Wildman–Crippen MR) is 105 cm³/mol. The molecule has 0 aromatic heterocycles. The van der Waals surface area contributed by atoms with Crippen LogP contribution >= 0.6 is 15.9 Å². The van der Waals surface area contributed by atoms with Crippen molar-refractivity contribution in [2.45, 2.75) is 0 Å². The molecule has 0 fully saturated rings. The molecule has 0 bridgehead atoms. The van der Waals surface area contributed by atoms with Crippen molar-refractivity contribution in [2.24, 2.45) is 0 Å². The lowest BCUT2D eigenvalue weighted by Gasteiger charge is -2.17. The highest BCUT2D eigenvalue weighted by atomic mass is 79.9. The number of hydrogen-bond acceptors (Lipinski definition) is 7. The number of hydrogen-bond donors (Lipinski definition) is 2. The zero-order valence-corrected chi connectivity index (χ0v) is 17.2. The Bertz CT molecular complexity index is 736. The van der Waals surface area contributed by atoms with Gasteiger partial charge < -0.3 is 29.7 Å². The number of benzene rings is 1. The first kappa shape index (κ1) is 21.2. The maximum Gasteiger partial charge on any atom is 0.337 e. The molecule has 9 heteroatoms. The first-order valence-electron chi connectivity index (χ1n) is 8.43. The van der Waals surface area contributed by atoms with E-state index in [-0.39, 0.29) is 36.9 Å². The van der Waals surface area contributed by atoms with Crippen molar-refractivity contribution in [1.82, 2.24) is 9.80 Å². The molecule has 0 radical (unpaired) electrons. The predicted octanol–water partition coefficient (Wildman–Crippen LogP) is 1.06. The molecule has 1 amide bonds. The van der Waals surface area contributed by atoms with Crippen molar-refractivity contribution in [3.05, 3.63) is 33.9 Å². The fourth-order valence-electron chi connectivity index (χ4n) is 2.54. The van der Waals surface area contributed by atoms with Crippen molar-refractivity contribution in [1.29, 1.82) is 0 Å². The minimum atomic E-state index is -0.585. The van der Waals surface area contributed by atoms with E-state index in [0.29, 0.717) is 18.0 Å². The number of nitrogens with one attached hydrogen (secondary N) is 1. The first-order valence-corrected chi connectivity index (χ1v) is 9.22. The summed E-state index contributed by atoms with van der Waals surface area (Å²) in [6.45, 7) is 1.22. The second-order valence-electron chi connectivity index (χ2n) is 6.21. The summed E-state index contributed by atoms with van der Waals surface area (Å²) in [5, 5.41) is 12.2. The van der Waals surface area contributed by atoms with Gasteiger partial charge in [-0.05, 0) is 32.3 Å². The average Bonchev–Trinajstić information content (AvgIpc) is 2.93. The van der Waals surface area contributed by atoms with E-state index in [0.717, 1.165) is 11.0 Å². The highest BCUT2D eigenvalue weighted by Gasteiger charge is 2.34. The van der Waals surface area contributed by atoms with Crippen molar-refractivity contribution < 1.29 is 24.2 Å². The molecule has 0 atom stereocenters. The third-order valence-electron chi connectivity index (χ3n) is 3.95. The summed E-state index contributed by atoms with van der Waals surface area (Å²) in [5.41, 5.74) is 0.917. The molecule has 0 unspecified atom stereocenters. The van der Waals surface area contributed by atoms with Crippen LogP contribution in [-0.2, 0) is 14.3 Å². The molecule has 1 aliphatic rings. The fourth-order valence-corrected chi connectivity index (χ4v) is 2.88. The number of likely N-dealkylation sites (N-methyl/N-ethyl adjacent to an activating group) is 1. The van der Waals surface area contributed by atoms with Gasteiger partial charge in [0, 0.05) is 17.6 Å². The Balaban J connectivity index is 2.29. The molecule has 1 aromatic carbocycles. The number of β-amino-alcohol motifs (C(OH)–C–C–N with tert-alkyl or cyclic N) is 1. The molecule has 2 N–H and O–H groups in total. The largest absolute Gasteiger partial charge is 0.490 e. The molecule has 0 spiro atoms. The molecule has 1 heterocycles. The number of amides is 1. The van der Waals surface area contributed by atoms with Gasteiger partial charge in [0.2, 0.25) is 0 Å². The van der Waals surface area contributed by atoms with Gasteiger partial charge in [-0.15, -0.1) is 0 Å². The van der Waals surface area contributed by atoms with Crippen LogP contribution in [0.1, 0.15) is 0 Å². The number of carbonyl (C=O) groups excluding carboxylic acids is 2. The third kappa shape index (κ3) is 5.44. The number of carbonyl (C=O) groups is 2. The van der Waals surface area contributed by atoms with Crippen LogP contribution in [0, 0.1) is 0 Å². The Morgan fingerprint density at radius 1 is 1.41 bits per heavy atom. The smallest absolute Gasteiger partial charge is 0.337 e. The lowest BCUT2D eigenvalue weighted by molar-refractivity contribution is -0.136. The summed E-state index contributed by atoms with van der Waals surface area (Å²) < 4.78 is 11.5. The lowest BCUT2D eigenvalue weighted by Crippen LogP contribution is -2.31. The normalized spacial score (nSPS) is 14.1. The number of methoxy groups -OCH3 is 1. The standard InChI is InChI=1S/C18H24BrN3O5/c1-21(2)7-9-27-15-10-12(19)4-5-14(15)20-16-13(18(25)26-3)11-22(6-8-23)17(16)24/h4-5,10,20,23H,6-9,11H2,1-3H3. The molecular weight excluding hydrogens is 418 g/mol. The number of nitrogens with zero attached hydrogens (tertiary/aromatic N) is 2. The van der Waals surface area contributed by atoms with Gasteiger partial charge in [-0.2, -0.15) is 0 Å². The number of aliphatic hydroxyl groups is 1. The molecule has 0 saturated heterocycles. The molecule has 27 heavy (non-hydrogen) atoms. The number of rotatable bonds is 9. The van der Waals surface area contributed by atoms with Crippen LogP contribution in [-0.4, -0.2) is 80.8 Å². The van der Waals surface area contributed by atoms with Gasteiger partial charge in [0.25, 0.3) is 5.91 Å². The van der Waals surface area contributed by atoms with Crippen LogP contribution in [0.3, 0.4) is 0 Å². The summed E-state index contributed by atoms with van der Waals surface area (Å²) in [4.78, 5) is 28.1. The first-order chi connectivity index (χ1) is 12.9. The van der Waals surface area contributed by atoms with Gasteiger partial charge >= 0.3 is 5.97 Å². The Morgan fingerprint density at radius 2 is 2.15 bits per heavy atom. The second kappa shape index (κ2) is 9.72. The minimum Gasteiger partial charge on any atom is -0.490 e. The number of esters is 1. The summed E-state index contributed by atoms with van der Waals surface area (Å²) in [6.07, 6.45) is 0. The number of ether oxygens (including phenoxy) is 2. The quantitative estimate of drug-likeness (QED) is 0.553. The Hall–Kier alpha value is -2.10. The second-order valence-corrected chi connectivity index (χ2v) is 7.13. The van der Waals surface area contributed by atoms with Gasteiger partial charge in [-0.3, -0.25) is 4.79 Å². The van der Waals surface area contributed by atoms with E-state index in [9.17, 15) is 9.59 Å². The van der Waals surface area contributed by atoms with E-state index in [1.54, 1.807) is 12.1 Å². The Labute approximate surface area is 166 Å². The minimum absolute atomic E-state index is 0.0851. The highest BCUT2D eigenvalue weighted by Crippen LogP contribution is 2.31. The third-order valence-corrected chi connectivity index (χ3v) is 4.45.